The van der Waals surface area contributed by atoms with Crippen molar-refractivity contribution >= 4 is 11.7 Å². The minimum absolute atomic E-state index is 0.299. The molecule has 4 heteroatoms. The molecule has 28 heavy (non-hydrogen) atoms. The van der Waals surface area contributed by atoms with Crippen LogP contribution in [0.15, 0.2) is 66.7 Å². The molecule has 3 aromatic rings. The molecule has 3 aromatic carbocycles. The van der Waals surface area contributed by atoms with Gasteiger partial charge in [0.05, 0.1) is 5.56 Å². The van der Waals surface area contributed by atoms with E-state index in [1.54, 1.807) is 0 Å². The number of hydrogen-bond donors (Lipinski definition) is 0. The highest BCUT2D eigenvalue weighted by Gasteiger charge is 2.53. The molecule has 2 heterocycles. The molecule has 0 saturated carbocycles. The highest BCUT2D eigenvalue weighted by molar-refractivity contribution is 5.97. The van der Waals surface area contributed by atoms with Crippen molar-refractivity contribution in [3.63, 3.8) is 0 Å². The summed E-state index contributed by atoms with van der Waals surface area (Å²) in [4.78, 5) is 15.2. The Morgan fingerprint density at radius 2 is 1.43 bits per heavy atom. The molecule has 0 radical (unpaired) electrons. The Hall–Kier alpha value is -3.27. The Kier molecular flexibility index (Phi) is 3.69. The van der Waals surface area contributed by atoms with Crippen molar-refractivity contribution in [3.05, 3.63) is 89.0 Å². The monoisotopic (exact) mass is 371 g/mol. The van der Waals surface area contributed by atoms with E-state index >= 15 is 0 Å². The summed E-state index contributed by atoms with van der Waals surface area (Å²) in [6.07, 6.45) is 0. The van der Waals surface area contributed by atoms with Crippen molar-refractivity contribution in [2.45, 2.75) is 19.4 Å². The highest BCUT2D eigenvalue weighted by atomic mass is 16.6. The van der Waals surface area contributed by atoms with Crippen molar-refractivity contribution < 1.29 is 14.3 Å². The summed E-state index contributed by atoms with van der Waals surface area (Å²) in [5.41, 5.74) is 3.31. The van der Waals surface area contributed by atoms with Crippen molar-refractivity contribution in [2.75, 3.05) is 18.0 Å². The molecule has 0 N–H and O–H groups in total. The van der Waals surface area contributed by atoms with E-state index < -0.39 is 5.60 Å². The maximum Gasteiger partial charge on any atom is 0.340 e. The van der Waals surface area contributed by atoms with E-state index in [0.29, 0.717) is 5.56 Å². The SMILES string of the molecule is CCN(CC)c1ccc2c(c1)C1(OC2=O)c2ccccc2Oc2ccccc21. The minimum Gasteiger partial charge on any atom is -0.456 e. The molecule has 5 rings (SSSR count). The fourth-order valence-electron chi connectivity index (χ4n) is 4.39. The molecule has 0 unspecified atom stereocenters. The maximum absolute atomic E-state index is 12.9. The van der Waals surface area contributed by atoms with Crippen LogP contribution in [-0.2, 0) is 10.3 Å². The maximum atomic E-state index is 12.9. The summed E-state index contributed by atoms with van der Waals surface area (Å²) >= 11 is 0. The number of nitrogens with zero attached hydrogens (tertiary/aromatic N) is 1. The van der Waals surface area contributed by atoms with Crippen LogP contribution in [-0.4, -0.2) is 19.1 Å². The number of hydrogen-bond acceptors (Lipinski definition) is 4. The van der Waals surface area contributed by atoms with Crippen LogP contribution < -0.4 is 9.64 Å². The quantitative estimate of drug-likeness (QED) is 0.601. The third-order valence-corrected chi connectivity index (χ3v) is 5.73. The molecule has 0 amide bonds. The number of anilines is 1. The van der Waals surface area contributed by atoms with E-state index in [0.717, 1.165) is 47.0 Å². The number of carbonyl (C=O) groups is 1. The second-order valence-electron chi connectivity index (χ2n) is 7.07. The van der Waals surface area contributed by atoms with Crippen LogP contribution in [0.3, 0.4) is 0 Å². The van der Waals surface area contributed by atoms with Gasteiger partial charge in [0, 0.05) is 35.5 Å². The molecular weight excluding hydrogens is 350 g/mol. The standard InChI is InChI=1S/C24H21NO3/c1-3-25(4-2)16-13-14-17-20(15-16)24(28-23(17)26)18-9-5-7-11-21(18)27-22-12-8-6-10-19(22)24/h5-15H,3-4H2,1-2H3. The average Bonchev–Trinajstić information content (AvgIpc) is 3.02. The second-order valence-corrected chi connectivity index (χ2v) is 7.07. The van der Waals surface area contributed by atoms with Gasteiger partial charge in [-0.25, -0.2) is 4.79 Å². The summed E-state index contributed by atoms with van der Waals surface area (Å²) in [6, 6.07) is 21.6. The lowest BCUT2D eigenvalue weighted by Gasteiger charge is -2.36. The molecule has 140 valence electrons. The smallest absolute Gasteiger partial charge is 0.340 e. The summed E-state index contributed by atoms with van der Waals surface area (Å²) in [7, 11) is 0. The Morgan fingerprint density at radius 3 is 2.04 bits per heavy atom. The number of benzene rings is 3. The molecular formula is C24H21NO3. The third kappa shape index (κ3) is 2.15. The summed E-state index contributed by atoms with van der Waals surface area (Å²) < 4.78 is 12.3. The number of ether oxygens (including phenoxy) is 2. The van der Waals surface area contributed by atoms with Gasteiger partial charge in [-0.1, -0.05) is 36.4 Å². The summed E-state index contributed by atoms with van der Waals surface area (Å²) in [5, 5.41) is 0. The lowest BCUT2D eigenvalue weighted by atomic mass is 9.77. The lowest BCUT2D eigenvalue weighted by molar-refractivity contribution is 0.0224. The van der Waals surface area contributed by atoms with E-state index in [4.69, 9.17) is 9.47 Å². The topological polar surface area (TPSA) is 38.8 Å². The van der Waals surface area contributed by atoms with E-state index in [1.165, 1.54) is 0 Å². The van der Waals surface area contributed by atoms with Crippen LogP contribution in [0.25, 0.3) is 0 Å². The van der Waals surface area contributed by atoms with Gasteiger partial charge in [0.1, 0.15) is 11.5 Å². The number of carbonyl (C=O) groups excluding carboxylic acids is 1. The molecule has 0 bridgehead atoms. The Morgan fingerprint density at radius 1 is 0.821 bits per heavy atom. The number of rotatable bonds is 3. The van der Waals surface area contributed by atoms with Gasteiger partial charge in [-0.3, -0.25) is 0 Å². The van der Waals surface area contributed by atoms with Crippen LogP contribution in [0.1, 0.15) is 40.9 Å². The van der Waals surface area contributed by atoms with Crippen LogP contribution >= 0.6 is 0 Å². The Labute approximate surface area is 164 Å². The van der Waals surface area contributed by atoms with Crippen LogP contribution in [0.5, 0.6) is 11.5 Å². The van der Waals surface area contributed by atoms with E-state index in [2.05, 4.69) is 24.8 Å². The van der Waals surface area contributed by atoms with Crippen molar-refractivity contribution in [3.8, 4) is 11.5 Å². The Balaban J connectivity index is 1.83. The van der Waals surface area contributed by atoms with Crippen LogP contribution in [0, 0.1) is 0 Å². The van der Waals surface area contributed by atoms with E-state index in [9.17, 15) is 4.79 Å². The molecule has 2 aliphatic heterocycles. The Bertz CT molecular complexity index is 1040. The first-order valence-electron chi connectivity index (χ1n) is 9.68. The fourth-order valence-corrected chi connectivity index (χ4v) is 4.39. The first kappa shape index (κ1) is 16.9. The predicted octanol–water partition coefficient (Wildman–Crippen LogP) is 5.10. The summed E-state index contributed by atoms with van der Waals surface area (Å²) in [5.74, 6) is 1.14. The molecule has 0 atom stereocenters. The van der Waals surface area contributed by atoms with E-state index in [1.807, 2.05) is 60.7 Å². The molecule has 0 saturated heterocycles. The summed E-state index contributed by atoms with van der Waals surface area (Å²) in [6.45, 7) is 6.06. The molecule has 2 aliphatic rings. The van der Waals surface area contributed by atoms with Gasteiger partial charge in [0.15, 0.2) is 5.60 Å². The fraction of sp³-hybridized carbons (Fsp3) is 0.208. The number of esters is 1. The number of fused-ring (bicyclic) bond motifs is 6. The second kappa shape index (κ2) is 6.13. The lowest BCUT2D eigenvalue weighted by Crippen LogP contribution is -2.33. The molecule has 4 nitrogen and oxygen atoms in total. The van der Waals surface area contributed by atoms with Gasteiger partial charge in [0.25, 0.3) is 0 Å². The predicted molar refractivity (Wildman–Crippen MR) is 108 cm³/mol. The van der Waals surface area contributed by atoms with Gasteiger partial charge in [-0.2, -0.15) is 0 Å². The van der Waals surface area contributed by atoms with Gasteiger partial charge in [-0.05, 0) is 44.2 Å². The van der Waals surface area contributed by atoms with Crippen molar-refractivity contribution in [2.24, 2.45) is 0 Å². The molecule has 1 spiro atoms. The van der Waals surface area contributed by atoms with Gasteiger partial charge in [0.2, 0.25) is 0 Å². The van der Waals surface area contributed by atoms with Gasteiger partial charge < -0.3 is 14.4 Å². The molecule has 0 aromatic heterocycles. The highest BCUT2D eigenvalue weighted by Crippen LogP contribution is 2.56. The average molecular weight is 371 g/mol. The first-order chi connectivity index (χ1) is 13.7. The molecule has 0 aliphatic carbocycles. The normalized spacial score (nSPS) is 15.3. The zero-order chi connectivity index (χ0) is 19.3. The van der Waals surface area contributed by atoms with Gasteiger partial charge >= 0.3 is 5.97 Å². The third-order valence-electron chi connectivity index (χ3n) is 5.73. The van der Waals surface area contributed by atoms with Crippen LogP contribution in [0.4, 0.5) is 5.69 Å². The van der Waals surface area contributed by atoms with E-state index in [-0.39, 0.29) is 5.97 Å². The van der Waals surface area contributed by atoms with Crippen molar-refractivity contribution in [1.82, 2.24) is 0 Å². The van der Waals surface area contributed by atoms with Crippen LogP contribution in [0.2, 0.25) is 0 Å². The minimum atomic E-state index is -0.985. The number of para-hydroxylation sites is 2. The first-order valence-corrected chi connectivity index (χ1v) is 9.68. The molecule has 0 fully saturated rings. The van der Waals surface area contributed by atoms with Gasteiger partial charge in [-0.15, -0.1) is 0 Å². The zero-order valence-corrected chi connectivity index (χ0v) is 15.9. The zero-order valence-electron chi connectivity index (χ0n) is 15.9. The largest absolute Gasteiger partial charge is 0.456 e. The van der Waals surface area contributed by atoms with Crippen molar-refractivity contribution in [1.29, 1.82) is 0 Å².